The van der Waals surface area contributed by atoms with E-state index in [2.05, 4.69) is 62.1 Å². The van der Waals surface area contributed by atoms with Crippen molar-refractivity contribution in [3.05, 3.63) is 185 Å². The van der Waals surface area contributed by atoms with Gasteiger partial charge in [0, 0.05) is 121 Å². The molecule has 5 aromatic heterocycles. The molecule has 0 bridgehead atoms. The number of fused-ring (bicyclic) bond motifs is 4. The summed E-state index contributed by atoms with van der Waals surface area (Å²) < 4.78 is 1.84. The molecule has 0 radical (unpaired) electrons. The number of non-ortho nitro benzene ring substituents is 1. The first-order valence-corrected chi connectivity index (χ1v) is 22.6. The molecule has 4 aromatic carbocycles. The van der Waals surface area contributed by atoms with Gasteiger partial charge in [0.2, 0.25) is 0 Å². The van der Waals surface area contributed by atoms with Crippen LogP contribution in [0.25, 0.3) is 43.1 Å². The third-order valence-electron chi connectivity index (χ3n) is 9.27. The van der Waals surface area contributed by atoms with Crippen molar-refractivity contribution >= 4 is 173 Å². The Hall–Kier alpha value is -4.54. The van der Waals surface area contributed by atoms with E-state index in [1.807, 2.05) is 56.3 Å². The molecule has 0 saturated carbocycles. The number of halogens is 9. The number of nitrogens with one attached hydrogen (secondary N) is 2. The Kier molecular flexibility index (Phi) is 16.5. The minimum Gasteiger partial charge on any atom is -0.398 e. The van der Waals surface area contributed by atoms with Gasteiger partial charge in [-0.2, -0.15) is 0 Å². The van der Waals surface area contributed by atoms with Crippen LogP contribution in [-0.2, 0) is 6.54 Å². The van der Waals surface area contributed by atoms with Crippen molar-refractivity contribution in [3.63, 3.8) is 0 Å². The third kappa shape index (κ3) is 11.8. The van der Waals surface area contributed by atoms with Crippen LogP contribution in [0.15, 0.2) is 117 Å². The Balaban J connectivity index is 0.000000146. The van der Waals surface area contributed by atoms with Gasteiger partial charge >= 0.3 is 0 Å². The van der Waals surface area contributed by atoms with Gasteiger partial charge in [0.15, 0.2) is 0 Å². The van der Waals surface area contributed by atoms with E-state index >= 15 is 0 Å². The maximum atomic E-state index is 12.1. The zero-order valence-corrected chi connectivity index (χ0v) is 41.4. The summed E-state index contributed by atoms with van der Waals surface area (Å²) in [7, 11) is 0. The number of hydrogen-bond donors (Lipinski definition) is 3. The SMILES string of the molecule is Cc1cc(C)c(CNc2nccc3c(Br)cc(Cl)cc23)c(=O)[nH]1.Clc1cc(Br)c2ccnc(Cl)c2c1.Nc1cc(Cl)cc2c(Cl)nccc12.O=[N+]([O-])c1cc(Cl)cc2c(Cl)nccc12. The summed E-state index contributed by atoms with van der Waals surface area (Å²) in [5.74, 6) is 0.699. The lowest BCUT2D eigenvalue weighted by molar-refractivity contribution is -0.383. The van der Waals surface area contributed by atoms with E-state index in [1.165, 1.54) is 18.3 Å². The summed E-state index contributed by atoms with van der Waals surface area (Å²) in [6.07, 6.45) is 6.44. The molecule has 0 aliphatic heterocycles. The lowest BCUT2D eigenvalue weighted by Crippen LogP contribution is -2.18. The normalized spacial score (nSPS) is 10.7. The fourth-order valence-corrected chi connectivity index (χ4v) is 9.34. The van der Waals surface area contributed by atoms with Crippen molar-refractivity contribution in [3.8, 4) is 0 Å². The van der Waals surface area contributed by atoms with Gasteiger partial charge in [0.05, 0.1) is 10.3 Å². The Morgan fingerprint density at radius 1 is 0.609 bits per heavy atom. The largest absolute Gasteiger partial charge is 0.398 e. The molecule has 0 fully saturated rings. The lowest BCUT2D eigenvalue weighted by Gasteiger charge is -2.11. The average Bonchev–Trinajstić information content (AvgIpc) is 3.22. The molecule has 64 heavy (non-hydrogen) atoms. The first-order chi connectivity index (χ1) is 30.4. The van der Waals surface area contributed by atoms with E-state index < -0.39 is 4.92 Å². The quantitative estimate of drug-likeness (QED) is 0.0673. The summed E-state index contributed by atoms with van der Waals surface area (Å²) >= 11 is 48.1. The summed E-state index contributed by atoms with van der Waals surface area (Å²) in [4.78, 5) is 41.3. The maximum Gasteiger partial charge on any atom is 0.278 e. The van der Waals surface area contributed by atoms with Crippen molar-refractivity contribution < 1.29 is 4.92 Å². The number of aryl methyl sites for hydroxylation is 2. The highest BCUT2D eigenvalue weighted by Crippen LogP contribution is 2.35. The van der Waals surface area contributed by atoms with E-state index in [-0.39, 0.29) is 21.4 Å². The molecule has 20 heteroatoms. The number of aromatic amines is 1. The second-order valence-electron chi connectivity index (χ2n) is 13.6. The Morgan fingerprint density at radius 2 is 1.05 bits per heavy atom. The number of anilines is 2. The van der Waals surface area contributed by atoms with Gasteiger partial charge in [0.25, 0.3) is 11.2 Å². The van der Waals surface area contributed by atoms with Crippen LogP contribution in [0.4, 0.5) is 17.2 Å². The van der Waals surface area contributed by atoms with Crippen LogP contribution < -0.4 is 16.6 Å². The van der Waals surface area contributed by atoms with E-state index in [9.17, 15) is 14.9 Å². The molecule has 0 unspecified atom stereocenters. The Labute approximate surface area is 416 Å². The Morgan fingerprint density at radius 3 is 1.59 bits per heavy atom. The molecule has 0 atom stereocenters. The number of nitrogen functional groups attached to an aromatic ring is 1. The van der Waals surface area contributed by atoms with Crippen LogP contribution in [0, 0.1) is 24.0 Å². The second kappa shape index (κ2) is 21.6. The monoisotopic (exact) mass is 1120 g/mol. The average molecular weight is 1130 g/mol. The highest BCUT2D eigenvalue weighted by Gasteiger charge is 2.15. The summed E-state index contributed by atoms with van der Waals surface area (Å²) in [5.41, 5.74) is 8.75. The molecule has 9 rings (SSSR count). The van der Waals surface area contributed by atoms with Gasteiger partial charge in [-0.1, -0.05) is 113 Å². The number of aromatic nitrogens is 5. The number of nitro groups is 1. The summed E-state index contributed by atoms with van der Waals surface area (Å²) in [6.45, 7) is 4.21. The smallest absolute Gasteiger partial charge is 0.278 e. The topological polar surface area (TPSA) is 166 Å². The van der Waals surface area contributed by atoms with Crippen molar-refractivity contribution in [2.75, 3.05) is 11.1 Å². The molecule has 0 aliphatic rings. The number of nitro benzene ring substituents is 1. The third-order valence-corrected chi connectivity index (χ3v) is 12.4. The first kappa shape index (κ1) is 48.9. The predicted molar refractivity (Wildman–Crippen MR) is 272 cm³/mol. The Bertz CT molecular complexity index is 3220. The fourth-order valence-electron chi connectivity index (χ4n) is 6.38. The standard InChI is InChI=1S/C17H15BrClN3O.C9H4BrCl2N.C9H4Cl2N2O2.C9H6Cl2N2/c1-9-5-10(2)22-17(23)14(9)8-21-16-13-6-11(19)7-15(18)12(13)3-4-20-16;10-8-4-5(11)3-7-6(8)1-2-13-9(7)12;10-5-3-7-6(1-2-12-9(7)11)8(4-5)13(14)15;10-5-3-7-6(8(12)4-5)1-2-13-9(7)11/h3-7H,8H2,1-2H3,(H,20,21)(H,22,23);1-4H;1-4H;1-4H,12H2. The van der Waals surface area contributed by atoms with Crippen molar-refractivity contribution in [2.45, 2.75) is 20.4 Å². The number of hydrogen-bond acceptors (Lipinski definition) is 9. The van der Waals surface area contributed by atoms with Crippen LogP contribution in [0.5, 0.6) is 0 Å². The van der Waals surface area contributed by atoms with Crippen molar-refractivity contribution in [1.29, 1.82) is 0 Å². The number of rotatable bonds is 4. The van der Waals surface area contributed by atoms with Crippen LogP contribution in [0.2, 0.25) is 35.5 Å². The van der Waals surface area contributed by atoms with E-state index in [1.54, 1.807) is 42.9 Å². The molecule has 0 spiro atoms. The molecule has 5 heterocycles. The molecule has 11 nitrogen and oxygen atoms in total. The molecule has 0 aliphatic carbocycles. The van der Waals surface area contributed by atoms with E-state index in [0.29, 0.717) is 59.8 Å². The summed E-state index contributed by atoms with van der Waals surface area (Å²) in [6, 6.07) is 22.8. The number of H-pyrrole nitrogens is 1. The molecular formula is C44H29Br2Cl7N8O3. The molecule has 0 saturated heterocycles. The van der Waals surface area contributed by atoms with Gasteiger partial charge in [-0.25, -0.2) is 19.9 Å². The molecule has 0 amide bonds. The second-order valence-corrected chi connectivity index (χ2v) is 18.1. The van der Waals surface area contributed by atoms with Gasteiger partial charge in [-0.15, -0.1) is 0 Å². The van der Waals surface area contributed by atoms with Gasteiger partial charge in [-0.3, -0.25) is 14.9 Å². The zero-order chi connectivity index (χ0) is 46.4. The molecule has 326 valence electrons. The van der Waals surface area contributed by atoms with Crippen molar-refractivity contribution in [2.24, 2.45) is 0 Å². The van der Waals surface area contributed by atoms with Crippen LogP contribution in [-0.4, -0.2) is 29.8 Å². The lowest BCUT2D eigenvalue weighted by atomic mass is 10.1. The summed E-state index contributed by atoms with van der Waals surface area (Å²) in [5, 5.41) is 23.6. The first-order valence-electron chi connectivity index (χ1n) is 18.4. The van der Waals surface area contributed by atoms with Crippen molar-refractivity contribution in [1.82, 2.24) is 24.9 Å². The number of pyridine rings is 5. The highest BCUT2D eigenvalue weighted by molar-refractivity contribution is 9.11. The maximum absolute atomic E-state index is 12.1. The van der Waals surface area contributed by atoms with Crippen LogP contribution in [0.1, 0.15) is 16.8 Å². The molecular weight excluding hydrogens is 1100 g/mol. The molecule has 4 N–H and O–H groups in total. The van der Waals surface area contributed by atoms with Crippen LogP contribution in [0.3, 0.4) is 0 Å². The minimum atomic E-state index is -0.495. The fraction of sp³-hybridized carbons (Fsp3) is 0.0682. The highest BCUT2D eigenvalue weighted by atomic mass is 79.9. The number of nitrogens with two attached hydrogens (primary N) is 1. The number of nitrogens with zero attached hydrogens (tertiary/aromatic N) is 5. The number of benzene rings is 4. The van der Waals surface area contributed by atoms with E-state index in [4.69, 9.17) is 86.9 Å². The van der Waals surface area contributed by atoms with E-state index in [0.717, 1.165) is 52.5 Å². The minimum absolute atomic E-state index is 0.0678. The van der Waals surface area contributed by atoms with Gasteiger partial charge in [0.1, 0.15) is 21.3 Å². The van der Waals surface area contributed by atoms with Gasteiger partial charge < -0.3 is 16.0 Å². The van der Waals surface area contributed by atoms with Crippen LogP contribution >= 0.6 is 113 Å². The zero-order valence-electron chi connectivity index (χ0n) is 33.0. The molecule has 9 aromatic rings. The van der Waals surface area contributed by atoms with Gasteiger partial charge in [-0.05, 0) is 92.2 Å². The predicted octanol–water partition coefficient (Wildman–Crippen LogP) is 15.4.